The van der Waals surface area contributed by atoms with Gasteiger partial charge in [-0.05, 0) is 77.0 Å². The summed E-state index contributed by atoms with van der Waals surface area (Å²) in [6.45, 7) is 0. The predicted octanol–water partition coefficient (Wildman–Crippen LogP) is 10.7. The van der Waals surface area contributed by atoms with Crippen molar-refractivity contribution in [3.05, 3.63) is 224 Å². The van der Waals surface area contributed by atoms with Crippen LogP contribution in [0.25, 0.3) is 78.3 Å². The van der Waals surface area contributed by atoms with Gasteiger partial charge in [0, 0.05) is 16.7 Å². The summed E-state index contributed by atoms with van der Waals surface area (Å²) in [5.41, 5.74) is 10.1. The number of rotatable bonds is 7. The van der Waals surface area contributed by atoms with E-state index in [1.54, 1.807) is 0 Å². The van der Waals surface area contributed by atoms with E-state index in [9.17, 15) is 0 Å². The Morgan fingerprint density at radius 1 is 0.271 bits per heavy atom. The van der Waals surface area contributed by atoms with E-state index in [1.165, 1.54) is 53.8 Å². The molecule has 9 aromatic carbocycles. The summed E-state index contributed by atoms with van der Waals surface area (Å²) < 4.78 is 0. The maximum absolute atomic E-state index is 5.17. The van der Waals surface area contributed by atoms with Crippen LogP contribution in [-0.4, -0.2) is 23.0 Å². The van der Waals surface area contributed by atoms with E-state index in [2.05, 4.69) is 206 Å². The first-order valence-corrected chi connectivity index (χ1v) is 22.1. The first-order chi connectivity index (χ1) is 29.2. The summed E-state index contributed by atoms with van der Waals surface area (Å²) in [6, 6.07) is 80.9. The van der Waals surface area contributed by atoms with E-state index in [0.717, 1.165) is 27.8 Å². The summed E-state index contributed by atoms with van der Waals surface area (Å²) >= 11 is 0. The Morgan fingerprint density at radius 2 is 0.746 bits per heavy atom. The minimum Gasteiger partial charge on any atom is -0.208 e. The molecule has 11 rings (SSSR count). The van der Waals surface area contributed by atoms with Crippen LogP contribution in [0.3, 0.4) is 0 Å². The lowest BCUT2D eigenvalue weighted by molar-refractivity contribution is 1.07. The molecule has 1 aromatic heterocycles. The molecule has 10 aromatic rings. The van der Waals surface area contributed by atoms with E-state index in [0.29, 0.717) is 17.5 Å². The van der Waals surface area contributed by atoms with Crippen molar-refractivity contribution >= 4 is 39.6 Å². The maximum Gasteiger partial charge on any atom is 0.180 e. The summed E-state index contributed by atoms with van der Waals surface area (Å²) in [5.74, 6) is 1.92. The van der Waals surface area contributed by atoms with Crippen molar-refractivity contribution < 1.29 is 0 Å². The van der Waals surface area contributed by atoms with Crippen molar-refractivity contribution in [3.63, 3.8) is 0 Å². The van der Waals surface area contributed by atoms with Crippen molar-refractivity contribution in [2.75, 3.05) is 0 Å². The summed E-state index contributed by atoms with van der Waals surface area (Å²) in [7, 11) is -2.63. The van der Waals surface area contributed by atoms with Crippen LogP contribution in [-0.2, 0) is 0 Å². The molecule has 0 N–H and O–H groups in total. The van der Waals surface area contributed by atoms with Crippen LogP contribution in [0.2, 0.25) is 0 Å². The SMILES string of the molecule is c1ccc(-c2nc(-c3ccc(-c4ccc5ccccc5c4)cc3)nc(-c3cccc(-c4cccc5c4-c4ccccc4[Si]5(c4ccccc4)c4ccccc4)c3)n2)cc1. The van der Waals surface area contributed by atoms with Gasteiger partial charge in [0.1, 0.15) is 0 Å². The number of fused-ring (bicyclic) bond motifs is 4. The van der Waals surface area contributed by atoms with Gasteiger partial charge in [-0.2, -0.15) is 0 Å². The molecule has 3 nitrogen and oxygen atoms in total. The van der Waals surface area contributed by atoms with Gasteiger partial charge < -0.3 is 0 Å². The number of hydrogen-bond acceptors (Lipinski definition) is 3. The van der Waals surface area contributed by atoms with Gasteiger partial charge in [0.15, 0.2) is 25.5 Å². The van der Waals surface area contributed by atoms with Gasteiger partial charge in [0.05, 0.1) is 0 Å². The first-order valence-electron chi connectivity index (χ1n) is 20.1. The fourth-order valence-electron chi connectivity index (χ4n) is 9.09. The highest BCUT2D eigenvalue weighted by atomic mass is 28.3. The zero-order valence-electron chi connectivity index (χ0n) is 32.2. The molecule has 0 atom stereocenters. The number of aromatic nitrogens is 3. The lowest BCUT2D eigenvalue weighted by Gasteiger charge is -2.31. The average Bonchev–Trinajstić information content (AvgIpc) is 3.63. The van der Waals surface area contributed by atoms with E-state index in [1.807, 2.05) is 18.2 Å². The van der Waals surface area contributed by atoms with Crippen molar-refractivity contribution in [2.24, 2.45) is 0 Å². The summed E-state index contributed by atoms with van der Waals surface area (Å²) in [6.07, 6.45) is 0. The fourth-order valence-corrected chi connectivity index (χ4v) is 14.3. The monoisotopic (exact) mass is 767 g/mol. The third-order valence-corrected chi connectivity index (χ3v) is 16.7. The van der Waals surface area contributed by atoms with Crippen LogP contribution < -0.4 is 20.7 Å². The van der Waals surface area contributed by atoms with Crippen LogP contribution in [0.4, 0.5) is 0 Å². The molecule has 0 radical (unpaired) electrons. The minimum atomic E-state index is -2.63. The van der Waals surface area contributed by atoms with Gasteiger partial charge in [-0.25, -0.2) is 15.0 Å². The third kappa shape index (κ3) is 5.92. The van der Waals surface area contributed by atoms with Gasteiger partial charge in [-0.1, -0.05) is 212 Å². The number of hydrogen-bond donors (Lipinski definition) is 0. The van der Waals surface area contributed by atoms with Crippen molar-refractivity contribution in [3.8, 4) is 67.5 Å². The highest BCUT2D eigenvalue weighted by Crippen LogP contribution is 2.38. The first kappa shape index (κ1) is 34.7. The molecule has 0 saturated heterocycles. The fraction of sp³-hybridized carbons (Fsp3) is 0. The van der Waals surface area contributed by atoms with Gasteiger partial charge in [0.2, 0.25) is 0 Å². The van der Waals surface area contributed by atoms with E-state index in [-0.39, 0.29) is 0 Å². The third-order valence-electron chi connectivity index (χ3n) is 11.8. The molecular formula is C55H37N3Si. The van der Waals surface area contributed by atoms with E-state index < -0.39 is 8.07 Å². The molecule has 2 heterocycles. The van der Waals surface area contributed by atoms with Gasteiger partial charge >= 0.3 is 0 Å². The quantitative estimate of drug-likeness (QED) is 0.152. The van der Waals surface area contributed by atoms with Gasteiger partial charge in [-0.15, -0.1) is 0 Å². The molecule has 1 aliphatic rings. The Kier molecular flexibility index (Phi) is 8.49. The second kappa shape index (κ2) is 14.4. The lowest BCUT2D eigenvalue weighted by atomic mass is 9.93. The molecule has 0 spiro atoms. The molecule has 4 heteroatoms. The Morgan fingerprint density at radius 3 is 1.46 bits per heavy atom. The van der Waals surface area contributed by atoms with E-state index >= 15 is 0 Å². The molecule has 276 valence electrons. The average molecular weight is 768 g/mol. The number of benzene rings is 9. The molecule has 0 aliphatic carbocycles. The Bertz CT molecular complexity index is 3110. The topological polar surface area (TPSA) is 38.7 Å². The maximum atomic E-state index is 5.17. The molecule has 1 aliphatic heterocycles. The molecule has 0 amide bonds. The van der Waals surface area contributed by atoms with Gasteiger partial charge in [0.25, 0.3) is 0 Å². The lowest BCUT2D eigenvalue weighted by Crippen LogP contribution is -2.72. The van der Waals surface area contributed by atoms with Crippen LogP contribution in [0.1, 0.15) is 0 Å². The normalized spacial score (nSPS) is 12.5. The standard InChI is InChI=1S/C55H37N3Si/c1-4-17-40(18-5-1)53-56-54(41-33-30-39(31-34-41)43-35-32-38-16-10-11-19-42(38)36-43)58-55(57-53)45-21-14-20-44(37-45)48-27-15-29-51-52(48)49-26-12-13-28-50(49)59(51,46-22-6-2-7-23-46)47-24-8-3-9-25-47/h1-37H. The molecule has 0 saturated carbocycles. The molecular weight excluding hydrogens is 731 g/mol. The molecule has 0 fully saturated rings. The Balaban J connectivity index is 1.04. The van der Waals surface area contributed by atoms with Crippen molar-refractivity contribution in [1.29, 1.82) is 0 Å². The van der Waals surface area contributed by atoms with Crippen LogP contribution in [0.15, 0.2) is 224 Å². The second-order valence-electron chi connectivity index (χ2n) is 15.1. The summed E-state index contributed by atoms with van der Waals surface area (Å²) in [4.78, 5) is 15.3. The largest absolute Gasteiger partial charge is 0.208 e. The smallest absolute Gasteiger partial charge is 0.180 e. The highest BCUT2D eigenvalue weighted by molar-refractivity contribution is 7.22. The number of nitrogens with zero attached hydrogens (tertiary/aromatic N) is 3. The zero-order chi connectivity index (χ0) is 39.2. The minimum absolute atomic E-state index is 0.638. The van der Waals surface area contributed by atoms with E-state index in [4.69, 9.17) is 15.0 Å². The molecule has 0 unspecified atom stereocenters. The Hall–Kier alpha value is -7.53. The zero-order valence-corrected chi connectivity index (χ0v) is 33.2. The molecule has 0 bridgehead atoms. The highest BCUT2D eigenvalue weighted by Gasteiger charge is 2.49. The predicted molar refractivity (Wildman–Crippen MR) is 247 cm³/mol. The van der Waals surface area contributed by atoms with Crippen LogP contribution in [0, 0.1) is 0 Å². The van der Waals surface area contributed by atoms with Crippen LogP contribution in [0.5, 0.6) is 0 Å². The van der Waals surface area contributed by atoms with Crippen molar-refractivity contribution in [1.82, 2.24) is 15.0 Å². The molecule has 59 heavy (non-hydrogen) atoms. The van der Waals surface area contributed by atoms with Crippen molar-refractivity contribution in [2.45, 2.75) is 0 Å². The van der Waals surface area contributed by atoms with Gasteiger partial charge in [-0.3, -0.25) is 0 Å². The van der Waals surface area contributed by atoms with Crippen LogP contribution >= 0.6 is 0 Å². The summed E-state index contributed by atoms with van der Waals surface area (Å²) in [5, 5.41) is 8.08. The Labute approximate surface area is 345 Å². The second-order valence-corrected chi connectivity index (χ2v) is 18.9.